The SMILES string of the molecule is CCNC1CC2(CCOC(C)C2)Oc2ccc(Cl)cc21. The van der Waals surface area contributed by atoms with Crippen LogP contribution in [0.25, 0.3) is 0 Å². The van der Waals surface area contributed by atoms with E-state index in [0.29, 0.717) is 6.04 Å². The Morgan fingerprint density at radius 2 is 2.25 bits per heavy atom. The number of fused-ring (bicyclic) bond motifs is 1. The molecular formula is C16H22ClNO2. The van der Waals surface area contributed by atoms with Crippen LogP contribution in [-0.4, -0.2) is 24.9 Å². The number of halogens is 1. The first-order valence-corrected chi connectivity index (χ1v) is 7.83. The van der Waals surface area contributed by atoms with E-state index in [2.05, 4.69) is 19.2 Å². The smallest absolute Gasteiger partial charge is 0.125 e. The van der Waals surface area contributed by atoms with Crippen LogP contribution in [0.15, 0.2) is 18.2 Å². The Morgan fingerprint density at radius 1 is 1.40 bits per heavy atom. The highest BCUT2D eigenvalue weighted by Gasteiger charge is 2.43. The van der Waals surface area contributed by atoms with Crippen LogP contribution in [-0.2, 0) is 4.74 Å². The first-order valence-electron chi connectivity index (χ1n) is 7.45. The third-order valence-electron chi connectivity index (χ3n) is 4.32. The molecule has 1 N–H and O–H groups in total. The van der Waals surface area contributed by atoms with E-state index in [9.17, 15) is 0 Å². The molecule has 1 spiro atoms. The standard InChI is InChI=1S/C16H22ClNO2/c1-3-18-14-10-16(6-7-19-11(2)9-16)20-15-5-4-12(17)8-13(14)15/h4-5,8,11,14,18H,3,6-7,9-10H2,1-2H3. The third-order valence-corrected chi connectivity index (χ3v) is 4.55. The summed E-state index contributed by atoms with van der Waals surface area (Å²) >= 11 is 6.14. The molecule has 0 radical (unpaired) electrons. The quantitative estimate of drug-likeness (QED) is 0.902. The van der Waals surface area contributed by atoms with Gasteiger partial charge in [-0.25, -0.2) is 0 Å². The summed E-state index contributed by atoms with van der Waals surface area (Å²) in [7, 11) is 0. The second-order valence-corrected chi connectivity index (χ2v) is 6.35. The molecule has 3 atom stereocenters. The van der Waals surface area contributed by atoms with Crippen LogP contribution < -0.4 is 10.1 Å². The molecular weight excluding hydrogens is 274 g/mol. The lowest BCUT2D eigenvalue weighted by atomic mass is 9.80. The number of nitrogens with one attached hydrogen (secondary N) is 1. The number of rotatable bonds is 2. The van der Waals surface area contributed by atoms with Gasteiger partial charge in [-0.3, -0.25) is 0 Å². The molecule has 4 heteroatoms. The Kier molecular flexibility index (Phi) is 3.93. The van der Waals surface area contributed by atoms with Crippen LogP contribution in [0.1, 0.15) is 44.7 Å². The van der Waals surface area contributed by atoms with Crippen LogP contribution >= 0.6 is 11.6 Å². The van der Waals surface area contributed by atoms with Crippen molar-refractivity contribution in [1.82, 2.24) is 5.32 Å². The molecule has 0 saturated carbocycles. The topological polar surface area (TPSA) is 30.5 Å². The first kappa shape index (κ1) is 14.2. The van der Waals surface area contributed by atoms with Crippen LogP contribution in [0, 0.1) is 0 Å². The van der Waals surface area contributed by atoms with E-state index < -0.39 is 0 Å². The van der Waals surface area contributed by atoms with Crippen molar-refractivity contribution >= 4 is 11.6 Å². The number of hydrogen-bond acceptors (Lipinski definition) is 3. The number of benzene rings is 1. The van der Waals surface area contributed by atoms with Gasteiger partial charge in [-0.05, 0) is 31.7 Å². The Balaban J connectivity index is 1.94. The molecule has 0 aliphatic carbocycles. The predicted octanol–water partition coefficient (Wildman–Crippen LogP) is 3.71. The van der Waals surface area contributed by atoms with Gasteiger partial charge in [0.15, 0.2) is 0 Å². The van der Waals surface area contributed by atoms with Crippen molar-refractivity contribution in [2.24, 2.45) is 0 Å². The molecule has 1 fully saturated rings. The van der Waals surface area contributed by atoms with E-state index in [4.69, 9.17) is 21.1 Å². The Labute approximate surface area is 125 Å². The van der Waals surface area contributed by atoms with Gasteiger partial charge in [0.25, 0.3) is 0 Å². The molecule has 110 valence electrons. The van der Waals surface area contributed by atoms with Crippen molar-refractivity contribution in [2.45, 2.75) is 50.9 Å². The summed E-state index contributed by atoms with van der Waals surface area (Å²) in [5.74, 6) is 0.973. The molecule has 1 aromatic carbocycles. The van der Waals surface area contributed by atoms with E-state index in [0.717, 1.165) is 43.2 Å². The summed E-state index contributed by atoms with van der Waals surface area (Å²) in [4.78, 5) is 0. The van der Waals surface area contributed by atoms with Crippen LogP contribution in [0.4, 0.5) is 0 Å². The Hall–Kier alpha value is -0.770. The molecule has 0 bridgehead atoms. The van der Waals surface area contributed by atoms with Crippen LogP contribution in [0.5, 0.6) is 5.75 Å². The van der Waals surface area contributed by atoms with Crippen LogP contribution in [0.2, 0.25) is 5.02 Å². The third kappa shape index (κ3) is 2.67. The molecule has 2 aliphatic rings. The fourth-order valence-corrected chi connectivity index (χ4v) is 3.66. The molecule has 0 amide bonds. The second kappa shape index (κ2) is 5.55. The van der Waals surface area contributed by atoms with Gasteiger partial charge in [0.2, 0.25) is 0 Å². The van der Waals surface area contributed by atoms with Crippen molar-refractivity contribution < 1.29 is 9.47 Å². The summed E-state index contributed by atoms with van der Waals surface area (Å²) < 4.78 is 12.1. The summed E-state index contributed by atoms with van der Waals surface area (Å²) in [6.07, 6.45) is 3.17. The molecule has 3 nitrogen and oxygen atoms in total. The van der Waals surface area contributed by atoms with Gasteiger partial charge >= 0.3 is 0 Å². The van der Waals surface area contributed by atoms with Crippen molar-refractivity contribution in [2.75, 3.05) is 13.2 Å². The highest BCUT2D eigenvalue weighted by molar-refractivity contribution is 6.30. The largest absolute Gasteiger partial charge is 0.487 e. The van der Waals surface area contributed by atoms with Crippen molar-refractivity contribution in [1.29, 1.82) is 0 Å². The monoisotopic (exact) mass is 295 g/mol. The maximum atomic E-state index is 6.38. The Bertz CT molecular complexity index is 493. The molecule has 3 unspecified atom stereocenters. The van der Waals surface area contributed by atoms with Gasteiger partial charge in [-0.2, -0.15) is 0 Å². The normalized spacial score (nSPS) is 32.8. The average molecular weight is 296 g/mol. The molecule has 2 aliphatic heterocycles. The van der Waals surface area contributed by atoms with E-state index >= 15 is 0 Å². The predicted molar refractivity (Wildman–Crippen MR) is 80.5 cm³/mol. The summed E-state index contributed by atoms with van der Waals surface area (Å²) in [5, 5.41) is 4.34. The summed E-state index contributed by atoms with van der Waals surface area (Å²) in [6, 6.07) is 6.25. The maximum absolute atomic E-state index is 6.38. The van der Waals surface area contributed by atoms with Crippen molar-refractivity contribution in [3.8, 4) is 5.75 Å². The molecule has 1 saturated heterocycles. The molecule has 3 rings (SSSR count). The fraction of sp³-hybridized carbons (Fsp3) is 0.625. The van der Waals surface area contributed by atoms with E-state index in [1.165, 1.54) is 5.56 Å². The number of hydrogen-bond donors (Lipinski definition) is 1. The van der Waals surface area contributed by atoms with Crippen LogP contribution in [0.3, 0.4) is 0 Å². The minimum atomic E-state index is -0.0919. The van der Waals surface area contributed by atoms with Crippen molar-refractivity contribution in [3.05, 3.63) is 28.8 Å². The molecule has 2 heterocycles. The lowest BCUT2D eigenvalue weighted by Gasteiger charge is -2.46. The van der Waals surface area contributed by atoms with E-state index in [-0.39, 0.29) is 11.7 Å². The van der Waals surface area contributed by atoms with Gasteiger partial charge in [0, 0.05) is 35.9 Å². The minimum Gasteiger partial charge on any atom is -0.487 e. The van der Waals surface area contributed by atoms with Gasteiger partial charge in [-0.15, -0.1) is 0 Å². The highest BCUT2D eigenvalue weighted by Crippen LogP contribution is 2.45. The van der Waals surface area contributed by atoms with Gasteiger partial charge in [0.1, 0.15) is 11.4 Å². The molecule has 0 aromatic heterocycles. The average Bonchev–Trinajstić information content (AvgIpc) is 2.40. The number of ether oxygens (including phenoxy) is 2. The van der Waals surface area contributed by atoms with Gasteiger partial charge in [0.05, 0.1) is 12.7 Å². The zero-order chi connectivity index (χ0) is 14.2. The van der Waals surface area contributed by atoms with Gasteiger partial charge < -0.3 is 14.8 Å². The Morgan fingerprint density at radius 3 is 3.00 bits per heavy atom. The highest BCUT2D eigenvalue weighted by atomic mass is 35.5. The summed E-state index contributed by atoms with van der Waals surface area (Å²) in [6.45, 7) is 5.99. The molecule has 1 aromatic rings. The zero-order valence-corrected chi connectivity index (χ0v) is 12.9. The van der Waals surface area contributed by atoms with Crippen molar-refractivity contribution in [3.63, 3.8) is 0 Å². The summed E-state index contributed by atoms with van der Waals surface area (Å²) in [5.41, 5.74) is 1.09. The lowest BCUT2D eigenvalue weighted by Crippen LogP contribution is -2.49. The van der Waals surface area contributed by atoms with Gasteiger partial charge in [-0.1, -0.05) is 18.5 Å². The second-order valence-electron chi connectivity index (χ2n) is 5.92. The maximum Gasteiger partial charge on any atom is 0.125 e. The zero-order valence-electron chi connectivity index (χ0n) is 12.1. The minimum absolute atomic E-state index is 0.0919. The lowest BCUT2D eigenvalue weighted by molar-refractivity contribution is -0.0966. The fourth-order valence-electron chi connectivity index (χ4n) is 3.48. The van der Waals surface area contributed by atoms with E-state index in [1.807, 2.05) is 18.2 Å². The molecule has 20 heavy (non-hydrogen) atoms. The first-order chi connectivity index (χ1) is 9.62. The van der Waals surface area contributed by atoms with E-state index in [1.54, 1.807) is 0 Å².